The highest BCUT2D eigenvalue weighted by atomic mass is 16.5. The van der Waals surface area contributed by atoms with Crippen molar-refractivity contribution in [1.82, 2.24) is 4.98 Å². The number of hydrogen-bond donors (Lipinski definition) is 1. The smallest absolute Gasteiger partial charge is 0.243 e. The van der Waals surface area contributed by atoms with Gasteiger partial charge in [-0.05, 0) is 61.2 Å². The normalized spacial score (nSPS) is 10.4. The summed E-state index contributed by atoms with van der Waals surface area (Å²) in [6, 6.07) is 17.3. The molecule has 0 aliphatic heterocycles. The summed E-state index contributed by atoms with van der Waals surface area (Å²) in [5.41, 5.74) is 4.86. The highest BCUT2D eigenvalue weighted by Crippen LogP contribution is 2.30. The second-order valence-electron chi connectivity index (χ2n) is 6.31. The summed E-state index contributed by atoms with van der Waals surface area (Å²) in [6.07, 6.45) is 1.96. The molecule has 3 aromatic rings. The Hall–Kier alpha value is -3.14. The number of nitrogens with one attached hydrogen (secondary N) is 1. The van der Waals surface area contributed by atoms with Gasteiger partial charge in [-0.2, -0.15) is 0 Å². The van der Waals surface area contributed by atoms with E-state index in [1.54, 1.807) is 18.3 Å². The molecule has 0 atom stereocenters. The Balaban J connectivity index is 1.78. The molecule has 0 saturated carbocycles. The maximum absolute atomic E-state index is 12.5. The van der Waals surface area contributed by atoms with Crippen molar-refractivity contribution in [2.24, 2.45) is 0 Å². The summed E-state index contributed by atoms with van der Waals surface area (Å²) in [6.45, 7) is 6.04. The van der Waals surface area contributed by atoms with Crippen LogP contribution >= 0.6 is 0 Å². The van der Waals surface area contributed by atoms with E-state index in [-0.39, 0.29) is 5.91 Å². The molecule has 0 unspecified atom stereocenters. The van der Waals surface area contributed by atoms with Gasteiger partial charge in [0.25, 0.3) is 0 Å². The number of aromatic nitrogens is 1. The quantitative estimate of drug-likeness (QED) is 0.709. The molecule has 4 heteroatoms. The lowest BCUT2D eigenvalue weighted by Gasteiger charge is -2.13. The molecular formula is C22H22N2O2. The van der Waals surface area contributed by atoms with Gasteiger partial charge in [-0.3, -0.25) is 4.79 Å². The van der Waals surface area contributed by atoms with Gasteiger partial charge in [0.15, 0.2) is 0 Å². The highest BCUT2D eigenvalue weighted by Gasteiger charge is 2.12. The minimum atomic E-state index is -0.0990. The molecule has 0 bridgehead atoms. The van der Waals surface area contributed by atoms with Crippen molar-refractivity contribution >= 4 is 11.6 Å². The predicted octanol–water partition coefficient (Wildman–Crippen LogP) is 4.98. The average molecular weight is 346 g/mol. The first-order chi connectivity index (χ1) is 12.5. The number of hydrogen-bond acceptors (Lipinski definition) is 3. The van der Waals surface area contributed by atoms with Gasteiger partial charge < -0.3 is 10.1 Å². The molecule has 1 N–H and O–H groups in total. The first-order valence-corrected chi connectivity index (χ1v) is 8.58. The van der Waals surface area contributed by atoms with Gasteiger partial charge in [0.05, 0.1) is 6.42 Å². The lowest BCUT2D eigenvalue weighted by molar-refractivity contribution is -0.115. The maximum atomic E-state index is 12.5. The molecular weight excluding hydrogens is 324 g/mol. The molecule has 26 heavy (non-hydrogen) atoms. The van der Waals surface area contributed by atoms with E-state index in [4.69, 9.17) is 4.74 Å². The molecule has 0 spiro atoms. The minimum absolute atomic E-state index is 0.0990. The fraction of sp³-hybridized carbons (Fsp3) is 0.182. The molecule has 3 rings (SSSR count). The average Bonchev–Trinajstić information content (AvgIpc) is 2.62. The zero-order valence-electron chi connectivity index (χ0n) is 15.2. The Morgan fingerprint density at radius 2 is 1.73 bits per heavy atom. The lowest BCUT2D eigenvalue weighted by atomic mass is 10.1. The predicted molar refractivity (Wildman–Crippen MR) is 104 cm³/mol. The third kappa shape index (κ3) is 4.09. The number of pyridine rings is 1. The second kappa shape index (κ2) is 7.83. The van der Waals surface area contributed by atoms with Crippen LogP contribution in [-0.4, -0.2) is 10.9 Å². The van der Waals surface area contributed by atoms with Gasteiger partial charge in [-0.15, -0.1) is 0 Å². The monoisotopic (exact) mass is 346 g/mol. The number of anilines is 1. The topological polar surface area (TPSA) is 51.2 Å². The Kier molecular flexibility index (Phi) is 5.32. The number of nitrogens with zero attached hydrogens (tertiary/aromatic N) is 1. The van der Waals surface area contributed by atoms with Crippen LogP contribution in [0.4, 0.5) is 5.69 Å². The van der Waals surface area contributed by atoms with E-state index in [0.29, 0.717) is 18.0 Å². The molecule has 2 aromatic carbocycles. The summed E-state index contributed by atoms with van der Waals surface area (Å²) in [4.78, 5) is 16.8. The fourth-order valence-electron chi connectivity index (χ4n) is 2.68. The van der Waals surface area contributed by atoms with E-state index in [1.807, 2.05) is 63.2 Å². The van der Waals surface area contributed by atoms with E-state index in [2.05, 4.69) is 10.3 Å². The Morgan fingerprint density at radius 1 is 0.962 bits per heavy atom. The van der Waals surface area contributed by atoms with Crippen molar-refractivity contribution in [2.75, 3.05) is 5.32 Å². The van der Waals surface area contributed by atoms with E-state index in [1.165, 1.54) is 0 Å². The van der Waals surface area contributed by atoms with Crippen LogP contribution in [0.5, 0.6) is 11.6 Å². The van der Waals surface area contributed by atoms with E-state index >= 15 is 0 Å². The van der Waals surface area contributed by atoms with Crippen LogP contribution in [-0.2, 0) is 11.2 Å². The Morgan fingerprint density at radius 3 is 2.54 bits per heavy atom. The number of rotatable bonds is 5. The van der Waals surface area contributed by atoms with Crippen molar-refractivity contribution in [3.8, 4) is 11.6 Å². The fourth-order valence-corrected chi connectivity index (χ4v) is 2.68. The van der Waals surface area contributed by atoms with E-state index in [0.717, 1.165) is 28.0 Å². The van der Waals surface area contributed by atoms with Crippen molar-refractivity contribution in [3.63, 3.8) is 0 Å². The molecule has 132 valence electrons. The van der Waals surface area contributed by atoms with Crippen LogP contribution in [0.3, 0.4) is 0 Å². The maximum Gasteiger partial charge on any atom is 0.243 e. The number of aryl methyl sites for hydroxylation is 2. The minimum Gasteiger partial charge on any atom is -0.437 e. The van der Waals surface area contributed by atoms with Crippen LogP contribution in [0.2, 0.25) is 0 Å². The number of ether oxygens (including phenoxy) is 1. The molecule has 0 radical (unpaired) electrons. The van der Waals surface area contributed by atoms with Gasteiger partial charge in [0, 0.05) is 6.20 Å². The van der Waals surface area contributed by atoms with Gasteiger partial charge in [-0.25, -0.2) is 4.98 Å². The first-order valence-electron chi connectivity index (χ1n) is 8.58. The summed E-state index contributed by atoms with van der Waals surface area (Å²) >= 11 is 0. The second-order valence-corrected chi connectivity index (χ2v) is 6.31. The van der Waals surface area contributed by atoms with Crippen molar-refractivity contribution in [1.29, 1.82) is 0 Å². The first kappa shape index (κ1) is 17.7. The van der Waals surface area contributed by atoms with E-state index < -0.39 is 0 Å². The number of carbonyl (C=O) groups is 1. The zero-order chi connectivity index (χ0) is 18.5. The van der Waals surface area contributed by atoms with Crippen LogP contribution < -0.4 is 10.1 Å². The molecule has 0 fully saturated rings. The van der Waals surface area contributed by atoms with Gasteiger partial charge in [0.1, 0.15) is 11.4 Å². The molecule has 4 nitrogen and oxygen atoms in total. The van der Waals surface area contributed by atoms with Crippen LogP contribution in [0.25, 0.3) is 0 Å². The molecule has 1 aromatic heterocycles. The van der Waals surface area contributed by atoms with Gasteiger partial charge >= 0.3 is 0 Å². The van der Waals surface area contributed by atoms with Crippen molar-refractivity contribution in [3.05, 3.63) is 83.0 Å². The third-order valence-corrected chi connectivity index (χ3v) is 4.42. The van der Waals surface area contributed by atoms with Gasteiger partial charge in [0.2, 0.25) is 11.8 Å². The van der Waals surface area contributed by atoms with Crippen molar-refractivity contribution in [2.45, 2.75) is 27.2 Å². The SMILES string of the molecule is Cc1ccccc1CC(=O)Nc1cccnc1Oc1cccc(C)c1C. The molecule has 0 saturated heterocycles. The molecule has 0 aliphatic carbocycles. The number of benzene rings is 2. The summed E-state index contributed by atoms with van der Waals surface area (Å²) in [7, 11) is 0. The Labute approximate surface area is 153 Å². The number of amides is 1. The van der Waals surface area contributed by atoms with E-state index in [9.17, 15) is 4.79 Å². The zero-order valence-corrected chi connectivity index (χ0v) is 15.2. The van der Waals surface area contributed by atoms with Crippen molar-refractivity contribution < 1.29 is 9.53 Å². The number of carbonyl (C=O) groups excluding carboxylic acids is 1. The standard InChI is InChI=1S/C22H22N2O2/c1-15-9-6-12-20(17(15)3)26-22-19(11-7-13-23-22)24-21(25)14-18-10-5-4-8-16(18)2/h4-13H,14H2,1-3H3,(H,24,25). The highest BCUT2D eigenvalue weighted by molar-refractivity contribution is 5.93. The summed E-state index contributed by atoms with van der Waals surface area (Å²) in [5, 5.41) is 2.91. The lowest BCUT2D eigenvalue weighted by Crippen LogP contribution is -2.15. The third-order valence-electron chi connectivity index (χ3n) is 4.42. The van der Waals surface area contributed by atoms with Crippen LogP contribution in [0.1, 0.15) is 22.3 Å². The summed E-state index contributed by atoms with van der Waals surface area (Å²) in [5.74, 6) is 1.02. The van der Waals surface area contributed by atoms with Crippen LogP contribution in [0.15, 0.2) is 60.8 Å². The van der Waals surface area contributed by atoms with Gasteiger partial charge in [-0.1, -0.05) is 36.4 Å². The van der Waals surface area contributed by atoms with Crippen LogP contribution in [0, 0.1) is 20.8 Å². The molecule has 1 amide bonds. The Bertz CT molecular complexity index is 935. The molecule has 1 heterocycles. The summed E-state index contributed by atoms with van der Waals surface area (Å²) < 4.78 is 5.97. The largest absolute Gasteiger partial charge is 0.437 e. The molecule has 0 aliphatic rings.